The SMILES string of the molecule is C=CC=CSCC(=O)N=c1c(C#N)cc2c(=O)n3cccc(C)c3nc2n1CCCC. The molecule has 0 unspecified atom stereocenters. The highest BCUT2D eigenvalue weighted by Gasteiger charge is 2.15. The second-order valence-corrected chi connectivity index (χ2v) is 7.81. The first kappa shape index (κ1) is 22.2. The zero-order chi connectivity index (χ0) is 22.4. The number of amides is 1. The third kappa shape index (κ3) is 4.67. The van der Waals surface area contributed by atoms with Gasteiger partial charge in [-0.25, -0.2) is 4.98 Å². The van der Waals surface area contributed by atoms with Crippen LogP contribution in [0.4, 0.5) is 0 Å². The number of rotatable bonds is 7. The maximum absolute atomic E-state index is 13.2. The summed E-state index contributed by atoms with van der Waals surface area (Å²) in [6, 6.07) is 7.25. The molecule has 8 heteroatoms. The zero-order valence-electron chi connectivity index (χ0n) is 17.5. The summed E-state index contributed by atoms with van der Waals surface area (Å²) in [6.07, 6.45) is 6.71. The van der Waals surface area contributed by atoms with Crippen LogP contribution < -0.4 is 11.0 Å². The molecular formula is C23H23N5O2S. The molecule has 158 valence electrons. The largest absolute Gasteiger partial charge is 0.309 e. The minimum Gasteiger partial charge on any atom is -0.309 e. The fourth-order valence-corrected chi connectivity index (χ4v) is 3.72. The molecule has 3 heterocycles. The third-order valence-corrected chi connectivity index (χ3v) is 5.47. The Morgan fingerprint density at radius 3 is 2.94 bits per heavy atom. The predicted octanol–water partition coefficient (Wildman–Crippen LogP) is 3.49. The number of fused-ring (bicyclic) bond motifs is 2. The first-order chi connectivity index (χ1) is 15.0. The van der Waals surface area contributed by atoms with Crippen molar-refractivity contribution in [2.24, 2.45) is 4.99 Å². The number of unbranched alkanes of at least 4 members (excludes halogenated alkanes) is 1. The Hall–Kier alpha value is -3.44. The summed E-state index contributed by atoms with van der Waals surface area (Å²) in [4.78, 5) is 34.6. The molecule has 0 N–H and O–H groups in total. The Morgan fingerprint density at radius 2 is 2.23 bits per heavy atom. The van der Waals surface area contributed by atoms with Crippen LogP contribution in [0.1, 0.15) is 30.9 Å². The summed E-state index contributed by atoms with van der Waals surface area (Å²) in [6.45, 7) is 8.01. The normalized spacial score (nSPS) is 12.0. The van der Waals surface area contributed by atoms with E-state index in [1.54, 1.807) is 34.4 Å². The number of nitrogens with zero attached hydrogens (tertiary/aromatic N) is 5. The van der Waals surface area contributed by atoms with Crippen LogP contribution in [0.15, 0.2) is 58.3 Å². The summed E-state index contributed by atoms with van der Waals surface area (Å²) in [7, 11) is 0. The van der Waals surface area contributed by atoms with Gasteiger partial charge >= 0.3 is 0 Å². The van der Waals surface area contributed by atoms with Crippen molar-refractivity contribution in [3.8, 4) is 6.07 Å². The minimum absolute atomic E-state index is 0.133. The fourth-order valence-electron chi connectivity index (χ4n) is 3.20. The van der Waals surface area contributed by atoms with Crippen molar-refractivity contribution < 1.29 is 4.79 Å². The molecule has 1 amide bonds. The topological polar surface area (TPSA) is 92.5 Å². The van der Waals surface area contributed by atoms with Crippen LogP contribution in [0.5, 0.6) is 0 Å². The lowest BCUT2D eigenvalue weighted by Gasteiger charge is -2.13. The molecule has 0 fully saturated rings. The molecular weight excluding hydrogens is 410 g/mol. The molecule has 0 saturated carbocycles. The third-order valence-electron chi connectivity index (χ3n) is 4.71. The summed E-state index contributed by atoms with van der Waals surface area (Å²) < 4.78 is 3.21. The van der Waals surface area contributed by atoms with E-state index in [0.717, 1.165) is 18.4 Å². The fraction of sp³-hybridized carbons (Fsp3) is 0.261. The Bertz CT molecular complexity index is 1360. The van der Waals surface area contributed by atoms with E-state index in [4.69, 9.17) is 4.98 Å². The zero-order valence-corrected chi connectivity index (χ0v) is 18.4. The summed E-state index contributed by atoms with van der Waals surface area (Å²) >= 11 is 1.30. The molecule has 0 aliphatic carbocycles. The van der Waals surface area contributed by atoms with Crippen LogP contribution >= 0.6 is 11.8 Å². The van der Waals surface area contributed by atoms with Crippen LogP contribution in [0.2, 0.25) is 0 Å². The number of thioether (sulfide) groups is 1. The molecule has 0 spiro atoms. The smallest absolute Gasteiger partial charge is 0.267 e. The van der Waals surface area contributed by atoms with Gasteiger partial charge in [0.2, 0.25) is 0 Å². The van der Waals surface area contributed by atoms with Crippen molar-refractivity contribution in [2.75, 3.05) is 5.75 Å². The Balaban J connectivity index is 2.32. The van der Waals surface area contributed by atoms with Crippen LogP contribution in [-0.4, -0.2) is 25.6 Å². The van der Waals surface area contributed by atoms with Gasteiger partial charge in [0.15, 0.2) is 5.49 Å². The molecule has 0 aromatic carbocycles. The average molecular weight is 434 g/mol. The molecule has 3 rings (SSSR count). The van der Waals surface area contributed by atoms with E-state index in [1.807, 2.05) is 19.9 Å². The standard InChI is InChI=1S/C23H23N5O2S/c1-4-6-10-27-21(25-19(29)15-31-12-7-5-2)17(14-24)13-18-22(27)26-20-16(3)9-8-11-28(20)23(18)30/h5,7-9,11-13H,2,4,6,10,15H2,1,3H3. The number of pyridine rings is 2. The first-order valence-corrected chi connectivity index (χ1v) is 11.0. The van der Waals surface area contributed by atoms with Crippen molar-refractivity contribution >= 4 is 34.3 Å². The highest BCUT2D eigenvalue weighted by molar-refractivity contribution is 8.02. The van der Waals surface area contributed by atoms with Crippen LogP contribution in [0.25, 0.3) is 16.7 Å². The summed E-state index contributed by atoms with van der Waals surface area (Å²) in [5.74, 6) is -0.234. The molecule has 31 heavy (non-hydrogen) atoms. The van der Waals surface area contributed by atoms with Crippen molar-refractivity contribution in [3.63, 3.8) is 0 Å². The number of allylic oxidation sites excluding steroid dienone is 2. The number of aryl methyl sites for hydroxylation is 2. The quantitative estimate of drug-likeness (QED) is 0.420. The Kier molecular flexibility index (Phi) is 7.21. The maximum atomic E-state index is 13.2. The van der Waals surface area contributed by atoms with Gasteiger partial charge in [0.05, 0.1) is 16.7 Å². The van der Waals surface area contributed by atoms with E-state index in [2.05, 4.69) is 17.6 Å². The van der Waals surface area contributed by atoms with Gasteiger partial charge in [-0.2, -0.15) is 10.3 Å². The molecule has 0 atom stereocenters. The Labute approximate surface area is 184 Å². The van der Waals surface area contributed by atoms with Crippen LogP contribution in [0, 0.1) is 18.3 Å². The van der Waals surface area contributed by atoms with Crippen LogP contribution in [-0.2, 0) is 11.3 Å². The van der Waals surface area contributed by atoms with Gasteiger partial charge in [0.1, 0.15) is 17.4 Å². The lowest BCUT2D eigenvalue weighted by molar-refractivity contribution is -0.115. The number of nitriles is 1. The number of carbonyl (C=O) groups excluding carboxylic acids is 1. The van der Waals surface area contributed by atoms with Crippen molar-refractivity contribution in [2.45, 2.75) is 33.2 Å². The van der Waals surface area contributed by atoms with Crippen molar-refractivity contribution in [1.29, 1.82) is 5.26 Å². The molecule has 0 bridgehead atoms. The van der Waals surface area contributed by atoms with Gasteiger partial charge in [0, 0.05) is 12.7 Å². The predicted molar refractivity (Wildman–Crippen MR) is 124 cm³/mol. The first-order valence-electron chi connectivity index (χ1n) is 9.94. The van der Waals surface area contributed by atoms with E-state index < -0.39 is 0 Å². The van der Waals surface area contributed by atoms with Gasteiger partial charge < -0.3 is 4.57 Å². The molecule has 3 aromatic rings. The van der Waals surface area contributed by atoms with Crippen LogP contribution in [0.3, 0.4) is 0 Å². The van der Waals surface area contributed by atoms with Gasteiger partial charge in [0.25, 0.3) is 11.5 Å². The second kappa shape index (κ2) is 10.0. The number of hydrogen-bond donors (Lipinski definition) is 0. The highest BCUT2D eigenvalue weighted by atomic mass is 32.2. The number of hydrogen-bond acceptors (Lipinski definition) is 5. The second-order valence-electron chi connectivity index (χ2n) is 6.92. The molecule has 0 aliphatic heterocycles. The van der Waals surface area contributed by atoms with Gasteiger partial charge in [-0.1, -0.05) is 38.1 Å². The van der Waals surface area contributed by atoms with Gasteiger partial charge in [-0.15, -0.1) is 11.8 Å². The minimum atomic E-state index is -0.367. The van der Waals surface area contributed by atoms with Gasteiger partial charge in [-0.3, -0.25) is 14.0 Å². The molecule has 7 nitrogen and oxygen atoms in total. The van der Waals surface area contributed by atoms with E-state index in [9.17, 15) is 14.9 Å². The highest BCUT2D eigenvalue weighted by Crippen LogP contribution is 2.13. The number of aromatic nitrogens is 3. The molecule has 0 aliphatic rings. The molecule has 0 saturated heterocycles. The van der Waals surface area contributed by atoms with E-state index in [1.165, 1.54) is 22.2 Å². The maximum Gasteiger partial charge on any atom is 0.267 e. The lowest BCUT2D eigenvalue weighted by atomic mass is 10.2. The molecule has 0 radical (unpaired) electrons. The van der Waals surface area contributed by atoms with Crippen molar-refractivity contribution in [3.05, 3.63) is 75.5 Å². The van der Waals surface area contributed by atoms with E-state index >= 15 is 0 Å². The lowest BCUT2D eigenvalue weighted by Crippen LogP contribution is -2.30. The number of carbonyl (C=O) groups is 1. The monoisotopic (exact) mass is 433 g/mol. The van der Waals surface area contributed by atoms with Crippen molar-refractivity contribution in [1.82, 2.24) is 14.0 Å². The van der Waals surface area contributed by atoms with E-state index in [0.29, 0.717) is 23.2 Å². The average Bonchev–Trinajstić information content (AvgIpc) is 2.76. The molecule has 3 aromatic heterocycles. The van der Waals surface area contributed by atoms with Gasteiger partial charge in [-0.05, 0) is 36.4 Å². The van der Waals surface area contributed by atoms with E-state index in [-0.39, 0.29) is 28.3 Å². The summed E-state index contributed by atoms with van der Waals surface area (Å²) in [5, 5.41) is 11.8. The summed E-state index contributed by atoms with van der Waals surface area (Å²) in [5.41, 5.74) is 1.98. The Morgan fingerprint density at radius 1 is 1.42 bits per heavy atom.